The molecule has 88 valence electrons. The van der Waals surface area contributed by atoms with Gasteiger partial charge >= 0.3 is 12.3 Å². The van der Waals surface area contributed by atoms with Crippen LogP contribution in [-0.2, 0) is 0 Å². The second-order valence-corrected chi connectivity index (χ2v) is 2.83. The van der Waals surface area contributed by atoms with Gasteiger partial charge in [0.2, 0.25) is 5.88 Å². The number of rotatable bonds is 2. The first-order chi connectivity index (χ1) is 7.20. The molecule has 0 aromatic carbocycles. The van der Waals surface area contributed by atoms with Crippen molar-refractivity contribution >= 4 is 5.97 Å². The van der Waals surface area contributed by atoms with Crippen LogP contribution >= 0.6 is 0 Å². The number of carboxylic acids is 1. The molecule has 0 bridgehead atoms. The third-order valence-corrected chi connectivity index (χ3v) is 1.58. The molecule has 5 nitrogen and oxygen atoms in total. The number of aromatic hydroxyl groups is 1. The number of aromatic carboxylic acids is 1. The second kappa shape index (κ2) is 3.87. The van der Waals surface area contributed by atoms with Crippen LogP contribution in [0.2, 0.25) is 0 Å². The first-order valence-corrected chi connectivity index (χ1v) is 3.90. The van der Waals surface area contributed by atoms with E-state index in [0.717, 1.165) is 6.07 Å². The molecule has 1 aromatic rings. The second-order valence-electron chi connectivity index (χ2n) is 2.83. The first kappa shape index (κ1) is 12.1. The monoisotopic (exact) mass is 237 g/mol. The number of carboxylic acid groups (broad SMARTS) is 1. The third-order valence-electron chi connectivity index (χ3n) is 1.58. The molecule has 0 spiro atoms. The highest BCUT2D eigenvalue weighted by molar-refractivity contribution is 5.89. The van der Waals surface area contributed by atoms with E-state index in [0.29, 0.717) is 0 Å². The molecular formula is C8H6F3NO4. The van der Waals surface area contributed by atoms with E-state index < -0.39 is 29.7 Å². The zero-order chi connectivity index (χ0) is 12.5. The summed E-state index contributed by atoms with van der Waals surface area (Å²) in [6, 6.07) is 0.787. The molecule has 2 N–H and O–H groups in total. The molecule has 0 aliphatic rings. The molecule has 0 fully saturated rings. The summed E-state index contributed by atoms with van der Waals surface area (Å²) in [4.78, 5) is 13.6. The summed E-state index contributed by atoms with van der Waals surface area (Å²) in [5, 5.41) is 17.8. The lowest BCUT2D eigenvalue weighted by atomic mass is 10.2. The Labute approximate surface area is 87.1 Å². The van der Waals surface area contributed by atoms with Crippen LogP contribution in [0.3, 0.4) is 0 Å². The van der Waals surface area contributed by atoms with E-state index in [-0.39, 0.29) is 5.56 Å². The topological polar surface area (TPSA) is 79.7 Å². The normalized spacial score (nSPS) is 11.2. The lowest BCUT2D eigenvalue weighted by molar-refractivity contribution is -0.276. The highest BCUT2D eigenvalue weighted by atomic mass is 19.4. The molecule has 0 saturated carbocycles. The van der Waals surface area contributed by atoms with Crippen LogP contribution in [0.5, 0.6) is 11.6 Å². The molecule has 0 aliphatic carbocycles. The fraction of sp³-hybridized carbons (Fsp3) is 0.250. The fourth-order valence-corrected chi connectivity index (χ4v) is 0.956. The lowest BCUT2D eigenvalue weighted by Crippen LogP contribution is -2.18. The van der Waals surface area contributed by atoms with Crippen molar-refractivity contribution in [3.05, 3.63) is 17.3 Å². The van der Waals surface area contributed by atoms with Crippen molar-refractivity contribution in [2.24, 2.45) is 0 Å². The first-order valence-electron chi connectivity index (χ1n) is 3.90. The van der Waals surface area contributed by atoms with Crippen molar-refractivity contribution in [2.75, 3.05) is 0 Å². The zero-order valence-corrected chi connectivity index (χ0v) is 7.87. The number of carbonyl (C=O) groups is 1. The Hall–Kier alpha value is -1.99. The molecule has 0 amide bonds. The Morgan fingerprint density at radius 2 is 2.06 bits per heavy atom. The average molecular weight is 237 g/mol. The number of alkyl halides is 3. The Kier molecular flexibility index (Phi) is 2.92. The zero-order valence-electron chi connectivity index (χ0n) is 7.87. The van der Waals surface area contributed by atoms with Crippen LogP contribution in [0.4, 0.5) is 13.2 Å². The van der Waals surface area contributed by atoms with Crippen LogP contribution in [0, 0.1) is 6.92 Å². The fourth-order valence-electron chi connectivity index (χ4n) is 0.956. The van der Waals surface area contributed by atoms with Gasteiger partial charge in [0, 0.05) is 6.07 Å². The van der Waals surface area contributed by atoms with Gasteiger partial charge in [-0.1, -0.05) is 0 Å². The summed E-state index contributed by atoms with van der Waals surface area (Å²) in [6.07, 6.45) is -4.97. The van der Waals surface area contributed by atoms with Crippen LogP contribution < -0.4 is 4.74 Å². The van der Waals surface area contributed by atoms with Crippen molar-refractivity contribution in [3.8, 4) is 11.6 Å². The van der Waals surface area contributed by atoms with E-state index in [9.17, 15) is 23.1 Å². The van der Waals surface area contributed by atoms with Gasteiger partial charge in [-0.05, 0) is 12.5 Å². The Bertz CT molecular complexity index is 430. The summed E-state index contributed by atoms with van der Waals surface area (Å²) < 4.78 is 38.9. The minimum Gasteiger partial charge on any atom is -0.505 e. The summed E-state index contributed by atoms with van der Waals surface area (Å²) in [7, 11) is 0. The molecule has 0 saturated heterocycles. The summed E-state index contributed by atoms with van der Waals surface area (Å²) in [5.41, 5.74) is -0.967. The molecule has 0 aliphatic heterocycles. The summed E-state index contributed by atoms with van der Waals surface area (Å²) in [6.45, 7) is 1.23. The number of halogens is 3. The minimum atomic E-state index is -4.97. The van der Waals surface area contributed by atoms with Gasteiger partial charge in [-0.3, -0.25) is 0 Å². The van der Waals surface area contributed by atoms with E-state index >= 15 is 0 Å². The largest absolute Gasteiger partial charge is 0.574 e. The predicted octanol–water partition coefficient (Wildman–Crippen LogP) is 1.69. The van der Waals surface area contributed by atoms with Gasteiger partial charge in [0.1, 0.15) is 0 Å². The maximum Gasteiger partial charge on any atom is 0.574 e. The quantitative estimate of drug-likeness (QED) is 0.818. The number of nitrogens with zero attached hydrogens (tertiary/aromatic N) is 1. The van der Waals surface area contributed by atoms with Gasteiger partial charge in [-0.25, -0.2) is 9.78 Å². The lowest BCUT2D eigenvalue weighted by Gasteiger charge is -2.10. The summed E-state index contributed by atoms with van der Waals surface area (Å²) >= 11 is 0. The molecule has 1 heterocycles. The molecule has 8 heteroatoms. The molecule has 0 radical (unpaired) electrons. The molecule has 1 aromatic heterocycles. The molecule has 1 rings (SSSR count). The number of pyridine rings is 1. The van der Waals surface area contributed by atoms with E-state index in [1.807, 2.05) is 0 Å². The van der Waals surface area contributed by atoms with Crippen molar-refractivity contribution in [2.45, 2.75) is 13.3 Å². The number of hydrogen-bond donors (Lipinski definition) is 2. The number of hydrogen-bond acceptors (Lipinski definition) is 4. The van der Waals surface area contributed by atoms with Gasteiger partial charge in [0.05, 0.1) is 0 Å². The van der Waals surface area contributed by atoms with Crippen molar-refractivity contribution in [3.63, 3.8) is 0 Å². The van der Waals surface area contributed by atoms with Crippen molar-refractivity contribution in [1.82, 2.24) is 4.98 Å². The highest BCUT2D eigenvalue weighted by Crippen LogP contribution is 2.27. The van der Waals surface area contributed by atoms with Gasteiger partial charge in [0.25, 0.3) is 0 Å². The van der Waals surface area contributed by atoms with Crippen LogP contribution in [0.15, 0.2) is 6.07 Å². The predicted molar refractivity (Wildman–Crippen MR) is 44.3 cm³/mol. The Morgan fingerprint density at radius 1 is 1.50 bits per heavy atom. The van der Waals surface area contributed by atoms with E-state index in [1.54, 1.807) is 0 Å². The molecular weight excluding hydrogens is 231 g/mol. The van der Waals surface area contributed by atoms with Gasteiger partial charge < -0.3 is 14.9 Å². The summed E-state index contributed by atoms with van der Waals surface area (Å²) in [5.74, 6) is -3.27. The number of aryl methyl sites for hydroxylation is 1. The van der Waals surface area contributed by atoms with Crippen LogP contribution in [0.25, 0.3) is 0 Å². The van der Waals surface area contributed by atoms with Gasteiger partial charge in [-0.15, -0.1) is 13.2 Å². The Morgan fingerprint density at radius 3 is 2.50 bits per heavy atom. The number of aromatic nitrogens is 1. The van der Waals surface area contributed by atoms with E-state index in [4.69, 9.17) is 5.11 Å². The maximum atomic E-state index is 11.8. The number of ether oxygens (including phenoxy) is 1. The van der Waals surface area contributed by atoms with Crippen molar-refractivity contribution in [1.29, 1.82) is 0 Å². The molecule has 0 atom stereocenters. The van der Waals surface area contributed by atoms with Crippen LogP contribution in [0.1, 0.15) is 16.1 Å². The van der Waals surface area contributed by atoms with E-state index in [1.165, 1.54) is 6.92 Å². The van der Waals surface area contributed by atoms with Crippen molar-refractivity contribution < 1.29 is 32.9 Å². The average Bonchev–Trinajstić information content (AvgIpc) is 2.07. The SMILES string of the molecule is Cc1cc(OC(F)(F)F)nc(C(=O)O)c1O. The third kappa shape index (κ3) is 2.75. The molecule has 0 unspecified atom stereocenters. The maximum absolute atomic E-state index is 11.8. The Balaban J connectivity index is 3.19. The standard InChI is InChI=1S/C8H6F3NO4/c1-3-2-4(16-8(9,10)11)12-5(6(3)13)7(14)15/h2,13H,1H3,(H,14,15). The van der Waals surface area contributed by atoms with Crippen LogP contribution in [-0.4, -0.2) is 27.5 Å². The minimum absolute atomic E-state index is 0.0772. The molecule has 16 heavy (non-hydrogen) atoms. The smallest absolute Gasteiger partial charge is 0.505 e. The van der Waals surface area contributed by atoms with Gasteiger partial charge in [0.15, 0.2) is 11.4 Å². The van der Waals surface area contributed by atoms with E-state index in [2.05, 4.69) is 9.72 Å². The highest BCUT2D eigenvalue weighted by Gasteiger charge is 2.32. The van der Waals surface area contributed by atoms with Gasteiger partial charge in [-0.2, -0.15) is 0 Å².